The number of rotatable bonds is 2. The van der Waals surface area contributed by atoms with Gasteiger partial charge in [-0.3, -0.25) is 0 Å². The first-order chi connectivity index (χ1) is 8.31. The molecule has 0 spiro atoms. The van der Waals surface area contributed by atoms with Crippen LogP contribution in [0.2, 0.25) is 0 Å². The molecule has 0 atom stereocenters. The maximum absolute atomic E-state index is 4.25. The second kappa shape index (κ2) is 3.92. The Labute approximate surface area is 103 Å². The van der Waals surface area contributed by atoms with Gasteiger partial charge in [0, 0.05) is 29.7 Å². The largest absolute Gasteiger partial charge is 0.360 e. The zero-order chi connectivity index (χ0) is 11.8. The molecule has 2 aromatic heterocycles. The predicted octanol–water partition coefficient (Wildman–Crippen LogP) is 2.69. The Morgan fingerprint density at radius 1 is 1.24 bits per heavy atom. The first-order valence-electron chi connectivity index (χ1n) is 5.31. The molecule has 0 aliphatic rings. The van der Waals surface area contributed by atoms with Crippen LogP contribution >= 0.6 is 11.8 Å². The first-order valence-corrected chi connectivity index (χ1v) is 6.53. The zero-order valence-electron chi connectivity index (χ0n) is 9.64. The van der Waals surface area contributed by atoms with Gasteiger partial charge in [-0.15, -0.1) is 10.2 Å². The van der Waals surface area contributed by atoms with E-state index in [4.69, 9.17) is 0 Å². The Kier molecular flexibility index (Phi) is 2.40. The molecule has 17 heavy (non-hydrogen) atoms. The highest BCUT2D eigenvalue weighted by Gasteiger charge is 2.13. The van der Waals surface area contributed by atoms with Gasteiger partial charge in [0.25, 0.3) is 0 Å². The number of H-pyrrole nitrogens is 1. The summed E-state index contributed by atoms with van der Waals surface area (Å²) in [5.41, 5.74) is 2.21. The standard InChI is InChI=1S/C12H12N4S/c1-16-11(14-15-12(16)17-2)9-7-13-10-6-4-3-5-8(9)10/h3-7,13H,1-2H3. The topological polar surface area (TPSA) is 46.5 Å². The van der Waals surface area contributed by atoms with E-state index in [9.17, 15) is 0 Å². The molecule has 86 valence electrons. The summed E-state index contributed by atoms with van der Waals surface area (Å²) in [5.74, 6) is 0.895. The van der Waals surface area contributed by atoms with Crippen molar-refractivity contribution in [3.63, 3.8) is 0 Å². The van der Waals surface area contributed by atoms with Gasteiger partial charge in [0.1, 0.15) is 0 Å². The van der Waals surface area contributed by atoms with Crippen molar-refractivity contribution in [1.29, 1.82) is 0 Å². The molecule has 0 unspecified atom stereocenters. The molecule has 0 amide bonds. The van der Waals surface area contributed by atoms with E-state index in [1.165, 1.54) is 5.39 Å². The highest BCUT2D eigenvalue weighted by Crippen LogP contribution is 2.28. The summed E-state index contributed by atoms with van der Waals surface area (Å²) in [6, 6.07) is 8.21. The average Bonchev–Trinajstić information content (AvgIpc) is 2.92. The number of aromatic amines is 1. The molecule has 0 saturated heterocycles. The van der Waals surface area contributed by atoms with Crippen LogP contribution in [0.25, 0.3) is 22.3 Å². The van der Waals surface area contributed by atoms with E-state index in [2.05, 4.69) is 27.3 Å². The van der Waals surface area contributed by atoms with Crippen molar-refractivity contribution in [2.75, 3.05) is 6.26 Å². The molecular weight excluding hydrogens is 232 g/mol. The lowest BCUT2D eigenvalue weighted by molar-refractivity contribution is 0.796. The van der Waals surface area contributed by atoms with Crippen molar-refractivity contribution >= 4 is 22.7 Å². The van der Waals surface area contributed by atoms with Crippen LogP contribution in [-0.2, 0) is 7.05 Å². The number of nitrogens with zero attached hydrogens (tertiary/aromatic N) is 3. The molecule has 1 N–H and O–H groups in total. The SMILES string of the molecule is CSc1nnc(-c2c[nH]c3ccccc23)n1C. The average molecular weight is 244 g/mol. The summed E-state index contributed by atoms with van der Waals surface area (Å²) in [4.78, 5) is 3.25. The summed E-state index contributed by atoms with van der Waals surface area (Å²) >= 11 is 1.60. The number of benzene rings is 1. The van der Waals surface area contributed by atoms with E-state index in [1.54, 1.807) is 11.8 Å². The molecule has 1 aromatic carbocycles. The Bertz CT molecular complexity index is 668. The van der Waals surface area contributed by atoms with Crippen LogP contribution in [0, 0.1) is 0 Å². The minimum absolute atomic E-state index is 0.895. The molecule has 2 heterocycles. The van der Waals surface area contributed by atoms with Crippen LogP contribution in [0.5, 0.6) is 0 Å². The molecular formula is C12H12N4S. The third-order valence-electron chi connectivity index (χ3n) is 2.85. The maximum atomic E-state index is 4.25. The molecule has 0 radical (unpaired) electrons. The van der Waals surface area contributed by atoms with E-state index in [0.29, 0.717) is 0 Å². The number of hydrogen-bond acceptors (Lipinski definition) is 3. The number of aromatic nitrogens is 4. The van der Waals surface area contributed by atoms with Crippen molar-refractivity contribution in [3.05, 3.63) is 30.5 Å². The third kappa shape index (κ3) is 1.54. The fourth-order valence-corrected chi connectivity index (χ4v) is 2.47. The Morgan fingerprint density at radius 2 is 2.06 bits per heavy atom. The number of fused-ring (bicyclic) bond motifs is 1. The van der Waals surface area contributed by atoms with Gasteiger partial charge in [-0.2, -0.15) is 0 Å². The first kappa shape index (κ1) is 10.4. The lowest BCUT2D eigenvalue weighted by Crippen LogP contribution is -1.93. The molecule has 4 nitrogen and oxygen atoms in total. The maximum Gasteiger partial charge on any atom is 0.190 e. The molecule has 0 saturated carbocycles. The number of thioether (sulfide) groups is 1. The monoisotopic (exact) mass is 244 g/mol. The molecule has 5 heteroatoms. The van der Waals surface area contributed by atoms with Crippen LogP contribution in [0.1, 0.15) is 0 Å². The quantitative estimate of drug-likeness (QED) is 0.705. The Balaban J connectivity index is 2.24. The van der Waals surface area contributed by atoms with Crippen LogP contribution in [0.15, 0.2) is 35.6 Å². The van der Waals surface area contributed by atoms with E-state index in [1.807, 2.05) is 36.2 Å². The lowest BCUT2D eigenvalue weighted by Gasteiger charge is -2.00. The molecule has 0 aliphatic heterocycles. The predicted molar refractivity (Wildman–Crippen MR) is 70.1 cm³/mol. The third-order valence-corrected chi connectivity index (χ3v) is 3.57. The molecule has 3 aromatic rings. The second-order valence-corrected chi connectivity index (χ2v) is 4.59. The zero-order valence-corrected chi connectivity index (χ0v) is 10.5. The number of para-hydroxylation sites is 1. The van der Waals surface area contributed by atoms with Gasteiger partial charge < -0.3 is 9.55 Å². The summed E-state index contributed by atoms with van der Waals surface area (Å²) in [6.07, 6.45) is 3.99. The van der Waals surface area contributed by atoms with Gasteiger partial charge >= 0.3 is 0 Å². The Hall–Kier alpha value is -1.75. The van der Waals surface area contributed by atoms with Crippen molar-refractivity contribution in [2.24, 2.45) is 7.05 Å². The van der Waals surface area contributed by atoms with Gasteiger partial charge in [-0.05, 0) is 12.3 Å². The second-order valence-electron chi connectivity index (χ2n) is 3.82. The lowest BCUT2D eigenvalue weighted by atomic mass is 10.1. The molecule has 3 rings (SSSR count). The van der Waals surface area contributed by atoms with Gasteiger partial charge in [0.2, 0.25) is 0 Å². The van der Waals surface area contributed by atoms with Crippen molar-refractivity contribution in [1.82, 2.24) is 19.7 Å². The highest BCUT2D eigenvalue weighted by atomic mass is 32.2. The summed E-state index contributed by atoms with van der Waals surface area (Å²) in [5, 5.41) is 10.5. The van der Waals surface area contributed by atoms with Gasteiger partial charge in [0.05, 0.1) is 0 Å². The van der Waals surface area contributed by atoms with Crippen molar-refractivity contribution in [3.8, 4) is 11.4 Å². The fraction of sp³-hybridized carbons (Fsp3) is 0.167. The van der Waals surface area contributed by atoms with Crippen LogP contribution in [0.3, 0.4) is 0 Å². The Morgan fingerprint density at radius 3 is 2.82 bits per heavy atom. The summed E-state index contributed by atoms with van der Waals surface area (Å²) < 4.78 is 2.01. The molecule has 0 aliphatic carbocycles. The molecule has 0 fully saturated rings. The van der Waals surface area contributed by atoms with E-state index >= 15 is 0 Å². The van der Waals surface area contributed by atoms with E-state index in [-0.39, 0.29) is 0 Å². The fourth-order valence-electron chi connectivity index (χ4n) is 1.98. The minimum Gasteiger partial charge on any atom is -0.360 e. The normalized spacial score (nSPS) is 11.2. The van der Waals surface area contributed by atoms with Crippen LogP contribution in [-0.4, -0.2) is 26.0 Å². The summed E-state index contributed by atoms with van der Waals surface area (Å²) in [6.45, 7) is 0. The van der Waals surface area contributed by atoms with Crippen LogP contribution in [0.4, 0.5) is 0 Å². The minimum atomic E-state index is 0.895. The summed E-state index contributed by atoms with van der Waals surface area (Å²) in [7, 11) is 1.99. The van der Waals surface area contributed by atoms with E-state index in [0.717, 1.165) is 22.1 Å². The number of nitrogens with one attached hydrogen (secondary N) is 1. The molecule has 0 bridgehead atoms. The van der Waals surface area contributed by atoms with Crippen molar-refractivity contribution < 1.29 is 0 Å². The number of hydrogen-bond donors (Lipinski definition) is 1. The van der Waals surface area contributed by atoms with Gasteiger partial charge in [-0.25, -0.2) is 0 Å². The van der Waals surface area contributed by atoms with Gasteiger partial charge in [-0.1, -0.05) is 30.0 Å². The van der Waals surface area contributed by atoms with E-state index < -0.39 is 0 Å². The van der Waals surface area contributed by atoms with Crippen LogP contribution < -0.4 is 0 Å². The smallest absolute Gasteiger partial charge is 0.190 e. The van der Waals surface area contributed by atoms with Crippen molar-refractivity contribution in [2.45, 2.75) is 5.16 Å². The van der Waals surface area contributed by atoms with Gasteiger partial charge in [0.15, 0.2) is 11.0 Å². The highest BCUT2D eigenvalue weighted by molar-refractivity contribution is 7.98.